The molecule has 0 radical (unpaired) electrons. The first-order valence-electron chi connectivity index (χ1n) is 6.10. The monoisotopic (exact) mass is 322 g/mol. The molecular weight excluding hydrogens is 300 g/mol. The third kappa shape index (κ3) is 10.8. The molecule has 8 nitrogen and oxygen atoms in total. The van der Waals surface area contributed by atoms with Crippen molar-refractivity contribution in [1.29, 1.82) is 0 Å². The minimum Gasteiger partial charge on any atom is -0.444 e. The fourth-order valence-corrected chi connectivity index (χ4v) is 1.63. The number of rotatable bonds is 7. The van der Waals surface area contributed by atoms with Gasteiger partial charge in [0.15, 0.2) is 0 Å². The minimum atomic E-state index is -3.70. The van der Waals surface area contributed by atoms with Gasteiger partial charge in [-0.25, -0.2) is 4.79 Å². The Morgan fingerprint density at radius 2 is 1.86 bits per heavy atom. The van der Waals surface area contributed by atoms with Crippen LogP contribution in [-0.2, 0) is 23.8 Å². The van der Waals surface area contributed by atoms with Crippen molar-refractivity contribution >= 4 is 22.1 Å². The van der Waals surface area contributed by atoms with Crippen molar-refractivity contribution in [1.82, 2.24) is 5.32 Å². The number of hydrogen-bond donors (Lipinski definition) is 2. The van der Waals surface area contributed by atoms with E-state index in [-0.39, 0.29) is 12.0 Å². The van der Waals surface area contributed by atoms with Gasteiger partial charge in [-0.1, -0.05) is 6.58 Å². The van der Waals surface area contributed by atoms with E-state index in [0.717, 1.165) is 6.26 Å². The van der Waals surface area contributed by atoms with E-state index in [9.17, 15) is 18.0 Å². The number of nitrogens with one attached hydrogen (secondary N) is 1. The van der Waals surface area contributed by atoms with Gasteiger partial charge >= 0.3 is 6.09 Å². The van der Waals surface area contributed by atoms with Crippen molar-refractivity contribution in [2.75, 3.05) is 12.9 Å². The number of amides is 2. The molecule has 0 aliphatic carbocycles. The highest BCUT2D eigenvalue weighted by Gasteiger charge is 2.23. The summed E-state index contributed by atoms with van der Waals surface area (Å²) in [6.07, 6.45) is -0.127. The molecule has 0 spiro atoms. The molecule has 0 aliphatic heterocycles. The predicted octanol–water partition coefficient (Wildman–Crippen LogP) is 0.287. The van der Waals surface area contributed by atoms with Gasteiger partial charge in [0, 0.05) is 6.42 Å². The Morgan fingerprint density at radius 3 is 2.24 bits per heavy atom. The number of nitrogens with two attached hydrogens (primary N) is 1. The molecule has 1 atom stereocenters. The second-order valence-electron chi connectivity index (χ2n) is 5.49. The van der Waals surface area contributed by atoms with Gasteiger partial charge in [0.05, 0.1) is 18.9 Å². The summed E-state index contributed by atoms with van der Waals surface area (Å²) < 4.78 is 31.7. The van der Waals surface area contributed by atoms with E-state index in [1.165, 1.54) is 0 Å². The molecular formula is C12H22N2O6S. The predicted molar refractivity (Wildman–Crippen MR) is 76.9 cm³/mol. The molecule has 0 heterocycles. The van der Waals surface area contributed by atoms with Gasteiger partial charge in [-0.2, -0.15) is 8.42 Å². The summed E-state index contributed by atoms with van der Waals surface area (Å²) in [6, 6.07) is -0.915. The van der Waals surface area contributed by atoms with Crippen LogP contribution in [0.3, 0.4) is 0 Å². The maximum Gasteiger partial charge on any atom is 0.408 e. The third-order valence-corrected chi connectivity index (χ3v) is 2.60. The molecule has 0 aromatic carbocycles. The number of carbonyl (C=O) groups is 2. The highest BCUT2D eigenvalue weighted by atomic mass is 32.2. The Labute approximate surface area is 124 Å². The molecule has 0 aromatic heterocycles. The number of hydrogen-bond acceptors (Lipinski definition) is 6. The van der Waals surface area contributed by atoms with E-state index in [1.807, 2.05) is 0 Å². The van der Waals surface area contributed by atoms with Crippen LogP contribution in [0.25, 0.3) is 0 Å². The zero-order valence-electron chi connectivity index (χ0n) is 12.6. The second-order valence-corrected chi connectivity index (χ2v) is 7.13. The highest BCUT2D eigenvalue weighted by Crippen LogP contribution is 2.10. The van der Waals surface area contributed by atoms with Crippen LogP contribution < -0.4 is 11.1 Å². The standard InChI is InChI=1S/C12H22N2O6S/c1-8(6-10(13)15)9(7-19-21(5,17)18)14-11(16)20-12(2,3)4/h9H,1,6-7H2,2-5H3,(H2,13,15)(H,14,16)/t9-/m0/s1. The Balaban J connectivity index is 4.83. The molecule has 0 saturated heterocycles. The van der Waals surface area contributed by atoms with Crippen LogP contribution in [0.2, 0.25) is 0 Å². The van der Waals surface area contributed by atoms with Crippen LogP contribution in [0.1, 0.15) is 27.2 Å². The topological polar surface area (TPSA) is 125 Å². The van der Waals surface area contributed by atoms with Crippen LogP contribution >= 0.6 is 0 Å². The van der Waals surface area contributed by atoms with Crippen molar-refractivity contribution in [3.05, 3.63) is 12.2 Å². The first-order valence-corrected chi connectivity index (χ1v) is 7.91. The van der Waals surface area contributed by atoms with E-state index >= 15 is 0 Å². The van der Waals surface area contributed by atoms with Crippen molar-refractivity contribution in [3.8, 4) is 0 Å². The average Bonchev–Trinajstić information content (AvgIpc) is 2.18. The summed E-state index contributed by atoms with van der Waals surface area (Å²) in [7, 11) is -3.70. The Hall–Kier alpha value is -1.61. The molecule has 9 heteroatoms. The van der Waals surface area contributed by atoms with E-state index in [1.54, 1.807) is 20.8 Å². The van der Waals surface area contributed by atoms with Gasteiger partial charge in [-0.15, -0.1) is 0 Å². The number of alkyl carbamates (subject to hydrolysis) is 1. The smallest absolute Gasteiger partial charge is 0.408 e. The van der Waals surface area contributed by atoms with Crippen LogP contribution in [-0.4, -0.2) is 44.9 Å². The van der Waals surface area contributed by atoms with Gasteiger partial charge in [0.25, 0.3) is 10.1 Å². The molecule has 0 saturated carbocycles. The van der Waals surface area contributed by atoms with Gasteiger partial charge in [0.2, 0.25) is 5.91 Å². The lowest BCUT2D eigenvalue weighted by molar-refractivity contribution is -0.117. The molecule has 0 fully saturated rings. The fourth-order valence-electron chi connectivity index (χ4n) is 1.25. The van der Waals surface area contributed by atoms with Crippen LogP contribution in [0, 0.1) is 0 Å². The molecule has 21 heavy (non-hydrogen) atoms. The quantitative estimate of drug-likeness (QED) is 0.512. The SMILES string of the molecule is C=C(CC(N)=O)[C@H](COS(C)(=O)=O)NC(=O)OC(C)(C)C. The summed E-state index contributed by atoms with van der Waals surface area (Å²) in [4.78, 5) is 22.6. The van der Waals surface area contributed by atoms with Crippen molar-refractivity contribution in [2.24, 2.45) is 5.73 Å². The minimum absolute atomic E-state index is 0.215. The van der Waals surface area contributed by atoms with Crippen molar-refractivity contribution in [3.63, 3.8) is 0 Å². The van der Waals surface area contributed by atoms with Crippen molar-refractivity contribution < 1.29 is 26.9 Å². The second kappa shape index (κ2) is 7.41. The fraction of sp³-hybridized carbons (Fsp3) is 0.667. The number of ether oxygens (including phenoxy) is 1. The summed E-state index contributed by atoms with van der Waals surface area (Å²) >= 11 is 0. The van der Waals surface area contributed by atoms with Crippen LogP contribution in [0.15, 0.2) is 12.2 Å². The highest BCUT2D eigenvalue weighted by molar-refractivity contribution is 7.85. The van der Waals surface area contributed by atoms with Gasteiger partial charge in [-0.05, 0) is 26.3 Å². The average molecular weight is 322 g/mol. The summed E-state index contributed by atoms with van der Waals surface area (Å²) in [5, 5.41) is 2.39. The normalized spacial score (nSPS) is 13.3. The Morgan fingerprint density at radius 1 is 1.33 bits per heavy atom. The van der Waals surface area contributed by atoms with E-state index in [4.69, 9.17) is 10.5 Å². The zero-order valence-corrected chi connectivity index (χ0v) is 13.5. The van der Waals surface area contributed by atoms with Crippen LogP contribution in [0.5, 0.6) is 0 Å². The lowest BCUT2D eigenvalue weighted by Crippen LogP contribution is -2.43. The Bertz CT molecular complexity index is 506. The van der Waals surface area contributed by atoms with E-state index < -0.39 is 40.4 Å². The first kappa shape index (κ1) is 19.4. The first-order chi connectivity index (χ1) is 9.30. The molecule has 0 aliphatic rings. The summed E-state index contributed by atoms with van der Waals surface area (Å²) in [6.45, 7) is 8.22. The molecule has 0 rings (SSSR count). The van der Waals surface area contributed by atoms with Gasteiger partial charge in [0.1, 0.15) is 5.60 Å². The van der Waals surface area contributed by atoms with E-state index in [2.05, 4.69) is 16.1 Å². The summed E-state index contributed by atoms with van der Waals surface area (Å²) in [5.41, 5.74) is 4.54. The molecule has 0 bridgehead atoms. The molecule has 2 amide bonds. The van der Waals surface area contributed by atoms with Gasteiger partial charge in [-0.3, -0.25) is 8.98 Å². The largest absolute Gasteiger partial charge is 0.444 e. The zero-order chi connectivity index (χ0) is 16.8. The van der Waals surface area contributed by atoms with Crippen LogP contribution in [0.4, 0.5) is 4.79 Å². The summed E-state index contributed by atoms with van der Waals surface area (Å²) in [5.74, 6) is -0.657. The van der Waals surface area contributed by atoms with Crippen molar-refractivity contribution in [2.45, 2.75) is 38.8 Å². The molecule has 0 aromatic rings. The maximum atomic E-state index is 11.7. The molecule has 3 N–H and O–H groups in total. The third-order valence-electron chi connectivity index (χ3n) is 2.03. The lowest BCUT2D eigenvalue weighted by Gasteiger charge is -2.24. The van der Waals surface area contributed by atoms with Gasteiger partial charge < -0.3 is 15.8 Å². The molecule has 122 valence electrons. The molecule has 0 unspecified atom stereocenters. The maximum absolute atomic E-state index is 11.7. The Kier molecular flexibility index (Phi) is 6.84. The lowest BCUT2D eigenvalue weighted by atomic mass is 10.1. The van der Waals surface area contributed by atoms with E-state index in [0.29, 0.717) is 0 Å². The number of primary amides is 1. The number of carbonyl (C=O) groups excluding carboxylic acids is 2.